The summed E-state index contributed by atoms with van der Waals surface area (Å²) in [5.41, 5.74) is 1.82. The molecule has 2 aromatic rings. The molecule has 2 rings (SSSR count). The molecule has 0 spiro atoms. The first-order valence-corrected chi connectivity index (χ1v) is 5.24. The van der Waals surface area contributed by atoms with Gasteiger partial charge >= 0.3 is 11.6 Å². The molecule has 0 saturated carbocycles. The van der Waals surface area contributed by atoms with Crippen molar-refractivity contribution in [3.05, 3.63) is 45.3 Å². The zero-order valence-corrected chi connectivity index (χ0v) is 9.61. The third-order valence-corrected chi connectivity index (χ3v) is 2.77. The van der Waals surface area contributed by atoms with E-state index in [2.05, 4.69) is 0 Å². The van der Waals surface area contributed by atoms with E-state index in [4.69, 9.17) is 9.52 Å². The molecule has 0 unspecified atom stereocenters. The number of aliphatic carboxylic acids is 1. The minimum absolute atomic E-state index is 0.217. The Labute approximate surface area is 97.5 Å². The van der Waals surface area contributed by atoms with Crippen LogP contribution in [0.4, 0.5) is 0 Å². The molecule has 1 N–H and O–H groups in total. The number of hydrogen-bond donors (Lipinski definition) is 1. The fourth-order valence-corrected chi connectivity index (χ4v) is 1.86. The lowest BCUT2D eigenvalue weighted by Crippen LogP contribution is -2.14. The van der Waals surface area contributed by atoms with Gasteiger partial charge in [0.05, 0.1) is 12.0 Å². The van der Waals surface area contributed by atoms with Gasteiger partial charge in [-0.25, -0.2) is 4.79 Å². The van der Waals surface area contributed by atoms with E-state index in [1.54, 1.807) is 13.0 Å². The minimum atomic E-state index is -1.04. The van der Waals surface area contributed by atoms with Crippen LogP contribution in [0.3, 0.4) is 0 Å². The summed E-state index contributed by atoms with van der Waals surface area (Å²) in [5, 5.41) is 9.54. The molecule has 88 valence electrons. The topological polar surface area (TPSA) is 67.5 Å². The predicted molar refractivity (Wildman–Crippen MR) is 63.3 cm³/mol. The highest BCUT2D eigenvalue weighted by Gasteiger charge is 2.13. The first kappa shape index (κ1) is 11.4. The van der Waals surface area contributed by atoms with Crippen LogP contribution in [0, 0.1) is 13.8 Å². The van der Waals surface area contributed by atoms with Crippen molar-refractivity contribution in [2.24, 2.45) is 0 Å². The molecule has 1 aromatic heterocycles. The Hall–Kier alpha value is -2.10. The van der Waals surface area contributed by atoms with E-state index >= 15 is 0 Å². The van der Waals surface area contributed by atoms with Crippen molar-refractivity contribution in [1.82, 2.24) is 0 Å². The first-order chi connectivity index (χ1) is 7.99. The van der Waals surface area contributed by atoms with Gasteiger partial charge in [-0.15, -0.1) is 0 Å². The van der Waals surface area contributed by atoms with Crippen LogP contribution < -0.4 is 5.63 Å². The van der Waals surface area contributed by atoms with Gasteiger partial charge in [0.25, 0.3) is 0 Å². The van der Waals surface area contributed by atoms with E-state index in [1.165, 1.54) is 0 Å². The molecule has 0 aliphatic carbocycles. The SMILES string of the molecule is Cc1ccc2c(C)c(CC(=O)O)c(=O)oc2c1. The molecule has 0 aliphatic rings. The quantitative estimate of drug-likeness (QED) is 0.804. The van der Waals surface area contributed by atoms with Crippen molar-refractivity contribution < 1.29 is 14.3 Å². The van der Waals surface area contributed by atoms with Gasteiger partial charge in [0.15, 0.2) is 0 Å². The maximum absolute atomic E-state index is 11.7. The van der Waals surface area contributed by atoms with E-state index in [9.17, 15) is 9.59 Å². The van der Waals surface area contributed by atoms with Gasteiger partial charge < -0.3 is 9.52 Å². The zero-order chi connectivity index (χ0) is 12.6. The highest BCUT2D eigenvalue weighted by Crippen LogP contribution is 2.20. The van der Waals surface area contributed by atoms with Crippen LogP contribution in [0.15, 0.2) is 27.4 Å². The van der Waals surface area contributed by atoms with Crippen molar-refractivity contribution in [2.75, 3.05) is 0 Å². The fraction of sp³-hybridized carbons (Fsp3) is 0.231. The molecule has 0 bridgehead atoms. The summed E-state index contributed by atoms with van der Waals surface area (Å²) in [6.07, 6.45) is -0.308. The molecule has 1 heterocycles. The largest absolute Gasteiger partial charge is 0.481 e. The second kappa shape index (κ2) is 4.05. The van der Waals surface area contributed by atoms with Crippen LogP contribution >= 0.6 is 0 Å². The Morgan fingerprint density at radius 3 is 2.71 bits per heavy atom. The monoisotopic (exact) mass is 232 g/mol. The summed E-state index contributed by atoms with van der Waals surface area (Å²) in [6, 6.07) is 5.52. The van der Waals surface area contributed by atoms with Gasteiger partial charge in [-0.3, -0.25) is 4.79 Å². The second-order valence-corrected chi connectivity index (χ2v) is 4.06. The molecule has 4 nitrogen and oxygen atoms in total. The highest BCUT2D eigenvalue weighted by molar-refractivity contribution is 5.83. The minimum Gasteiger partial charge on any atom is -0.481 e. The molecule has 0 radical (unpaired) electrons. The van der Waals surface area contributed by atoms with E-state index in [1.807, 2.05) is 19.1 Å². The molecule has 0 saturated heterocycles. The molecule has 1 aromatic carbocycles. The summed E-state index contributed by atoms with van der Waals surface area (Å²) in [7, 11) is 0. The second-order valence-electron chi connectivity index (χ2n) is 4.06. The Morgan fingerprint density at radius 2 is 2.06 bits per heavy atom. The average Bonchev–Trinajstić information content (AvgIpc) is 2.23. The van der Waals surface area contributed by atoms with Crippen molar-refractivity contribution in [1.29, 1.82) is 0 Å². The molecule has 0 amide bonds. The normalized spacial score (nSPS) is 10.7. The summed E-state index contributed by atoms with van der Waals surface area (Å²) >= 11 is 0. The molecule has 17 heavy (non-hydrogen) atoms. The summed E-state index contributed by atoms with van der Waals surface area (Å²) < 4.78 is 5.14. The molecular weight excluding hydrogens is 220 g/mol. The van der Waals surface area contributed by atoms with Gasteiger partial charge in [-0.05, 0) is 31.0 Å². The van der Waals surface area contributed by atoms with Gasteiger partial charge in [0.1, 0.15) is 5.58 Å². The number of fused-ring (bicyclic) bond motifs is 1. The average molecular weight is 232 g/mol. The van der Waals surface area contributed by atoms with E-state index in [0.29, 0.717) is 11.1 Å². The van der Waals surface area contributed by atoms with Crippen molar-refractivity contribution in [2.45, 2.75) is 20.3 Å². The molecular formula is C13H12O4. The van der Waals surface area contributed by atoms with Crippen molar-refractivity contribution in [3.8, 4) is 0 Å². The zero-order valence-electron chi connectivity index (χ0n) is 9.61. The lowest BCUT2D eigenvalue weighted by molar-refractivity contribution is -0.136. The van der Waals surface area contributed by atoms with Crippen LogP contribution in [0.25, 0.3) is 11.0 Å². The Morgan fingerprint density at radius 1 is 1.35 bits per heavy atom. The van der Waals surface area contributed by atoms with E-state index in [-0.39, 0.29) is 12.0 Å². The number of carbonyl (C=O) groups is 1. The highest BCUT2D eigenvalue weighted by atomic mass is 16.4. The Balaban J connectivity index is 2.76. The lowest BCUT2D eigenvalue weighted by Gasteiger charge is -2.06. The number of carboxylic acids is 1. The van der Waals surface area contributed by atoms with Crippen LogP contribution in [-0.4, -0.2) is 11.1 Å². The van der Waals surface area contributed by atoms with E-state index in [0.717, 1.165) is 10.9 Å². The third-order valence-electron chi connectivity index (χ3n) is 2.77. The summed E-state index contributed by atoms with van der Waals surface area (Å²) in [5.74, 6) is -1.04. The van der Waals surface area contributed by atoms with Crippen LogP contribution in [-0.2, 0) is 11.2 Å². The third kappa shape index (κ3) is 2.06. The standard InChI is InChI=1S/C13H12O4/c1-7-3-4-9-8(2)10(6-12(14)15)13(16)17-11(9)5-7/h3-5H,6H2,1-2H3,(H,14,15). The number of benzene rings is 1. The van der Waals surface area contributed by atoms with Crippen molar-refractivity contribution in [3.63, 3.8) is 0 Å². The number of carboxylic acid groups (broad SMARTS) is 1. The van der Waals surface area contributed by atoms with E-state index < -0.39 is 11.6 Å². The van der Waals surface area contributed by atoms with Gasteiger partial charge in [0.2, 0.25) is 0 Å². The lowest BCUT2D eigenvalue weighted by atomic mass is 10.0. The maximum Gasteiger partial charge on any atom is 0.340 e. The van der Waals surface area contributed by atoms with Gasteiger partial charge in [0, 0.05) is 5.39 Å². The summed E-state index contributed by atoms with van der Waals surface area (Å²) in [4.78, 5) is 22.4. The van der Waals surface area contributed by atoms with Crippen LogP contribution in [0.2, 0.25) is 0 Å². The molecule has 0 atom stereocenters. The first-order valence-electron chi connectivity index (χ1n) is 5.24. The summed E-state index contributed by atoms with van der Waals surface area (Å²) in [6.45, 7) is 3.65. The maximum atomic E-state index is 11.7. The van der Waals surface area contributed by atoms with Gasteiger partial charge in [-0.1, -0.05) is 12.1 Å². The van der Waals surface area contributed by atoms with Gasteiger partial charge in [-0.2, -0.15) is 0 Å². The van der Waals surface area contributed by atoms with Crippen molar-refractivity contribution >= 4 is 16.9 Å². The number of aryl methyl sites for hydroxylation is 2. The Kier molecular flexibility index (Phi) is 2.71. The van der Waals surface area contributed by atoms with Crippen LogP contribution in [0.5, 0.6) is 0 Å². The Bertz CT molecular complexity index is 652. The smallest absolute Gasteiger partial charge is 0.340 e. The predicted octanol–water partition coefficient (Wildman–Crippen LogP) is 2.04. The number of hydrogen-bond acceptors (Lipinski definition) is 3. The van der Waals surface area contributed by atoms with Crippen LogP contribution in [0.1, 0.15) is 16.7 Å². The molecule has 0 aliphatic heterocycles. The fourth-order valence-electron chi connectivity index (χ4n) is 1.86. The molecule has 4 heteroatoms. The molecule has 0 fully saturated rings. The number of rotatable bonds is 2.